The Balaban J connectivity index is 1.78. The van der Waals surface area contributed by atoms with Crippen LogP contribution in [0.1, 0.15) is 16.2 Å². The van der Waals surface area contributed by atoms with Crippen LogP contribution in [0.15, 0.2) is 35.1 Å². The van der Waals surface area contributed by atoms with E-state index in [1.165, 1.54) is 6.33 Å². The van der Waals surface area contributed by atoms with E-state index in [9.17, 15) is 9.59 Å². The largest absolute Gasteiger partial charge is 0.347 e. The highest BCUT2D eigenvalue weighted by molar-refractivity contribution is 9.10. The second kappa shape index (κ2) is 6.80. The normalized spacial score (nSPS) is 10.1. The van der Waals surface area contributed by atoms with Crippen LogP contribution in [0.5, 0.6) is 0 Å². The fourth-order valence-corrected chi connectivity index (χ4v) is 1.93. The molecule has 0 fully saturated rings. The summed E-state index contributed by atoms with van der Waals surface area (Å²) in [5.74, 6) is -0.0652. The van der Waals surface area contributed by atoms with Crippen LogP contribution in [0.3, 0.4) is 0 Å². The van der Waals surface area contributed by atoms with Crippen molar-refractivity contribution in [3.63, 3.8) is 0 Å². The molecule has 2 aromatic rings. The van der Waals surface area contributed by atoms with Gasteiger partial charge in [0.1, 0.15) is 12.2 Å². The first-order valence-electron chi connectivity index (χ1n) is 5.80. The van der Waals surface area contributed by atoms with Gasteiger partial charge in [-0.2, -0.15) is 5.10 Å². The lowest BCUT2D eigenvalue weighted by Crippen LogP contribution is -2.36. The maximum absolute atomic E-state index is 11.9. The summed E-state index contributed by atoms with van der Waals surface area (Å²) in [6.07, 6.45) is 1.36. The number of carbonyl (C=O) groups excluding carboxylic acids is 2. The zero-order valence-corrected chi connectivity index (χ0v) is 12.0. The molecule has 2 rings (SSSR count). The van der Waals surface area contributed by atoms with Crippen LogP contribution in [-0.2, 0) is 11.3 Å². The maximum Gasteiger partial charge on any atom is 0.252 e. The summed E-state index contributed by atoms with van der Waals surface area (Å²) >= 11 is 3.28. The molecule has 0 aliphatic heterocycles. The van der Waals surface area contributed by atoms with Crippen molar-refractivity contribution in [3.8, 4) is 0 Å². The number of aromatic amines is 1. The summed E-state index contributed by atoms with van der Waals surface area (Å²) in [4.78, 5) is 27.3. The lowest BCUT2D eigenvalue weighted by Gasteiger charge is -2.07. The number of nitrogens with zero attached hydrogens (tertiary/aromatic N) is 2. The van der Waals surface area contributed by atoms with Gasteiger partial charge < -0.3 is 10.6 Å². The van der Waals surface area contributed by atoms with Crippen LogP contribution in [0, 0.1) is 0 Å². The van der Waals surface area contributed by atoms with Gasteiger partial charge >= 0.3 is 0 Å². The van der Waals surface area contributed by atoms with E-state index in [-0.39, 0.29) is 24.9 Å². The quantitative estimate of drug-likeness (QED) is 0.744. The third-order valence-corrected chi connectivity index (χ3v) is 3.14. The van der Waals surface area contributed by atoms with E-state index >= 15 is 0 Å². The fourth-order valence-electron chi connectivity index (χ4n) is 1.46. The predicted octanol–water partition coefficient (Wildman–Crippen LogP) is 0.613. The molecule has 1 heterocycles. The molecule has 1 aromatic carbocycles. The van der Waals surface area contributed by atoms with Crippen LogP contribution in [0.2, 0.25) is 0 Å². The van der Waals surface area contributed by atoms with E-state index in [1.54, 1.807) is 18.2 Å². The highest BCUT2D eigenvalue weighted by Crippen LogP contribution is 2.15. The second-order valence-corrected chi connectivity index (χ2v) is 4.73. The zero-order valence-electron chi connectivity index (χ0n) is 10.4. The van der Waals surface area contributed by atoms with Gasteiger partial charge in [0.15, 0.2) is 0 Å². The minimum absolute atomic E-state index is 0.103. The standard InChI is InChI=1S/C12H12BrN5O2/c13-9-4-2-1-3-8(9)12(20)15-6-11(19)14-5-10-16-7-17-18-10/h1-4,7H,5-6H2,(H,14,19)(H,15,20)(H,16,17,18). The smallest absolute Gasteiger partial charge is 0.252 e. The lowest BCUT2D eigenvalue weighted by molar-refractivity contribution is -0.120. The minimum atomic E-state index is -0.313. The van der Waals surface area contributed by atoms with Gasteiger partial charge in [-0.15, -0.1) is 0 Å². The molecule has 0 saturated heterocycles. The van der Waals surface area contributed by atoms with Crippen LogP contribution in [-0.4, -0.2) is 33.5 Å². The molecule has 0 atom stereocenters. The highest BCUT2D eigenvalue weighted by Gasteiger charge is 2.10. The van der Waals surface area contributed by atoms with Crippen molar-refractivity contribution in [2.75, 3.05) is 6.54 Å². The first-order chi connectivity index (χ1) is 9.66. The van der Waals surface area contributed by atoms with Crippen LogP contribution >= 0.6 is 15.9 Å². The SMILES string of the molecule is O=C(CNC(=O)c1ccccc1Br)NCc1ncn[nH]1. The number of nitrogens with one attached hydrogen (secondary N) is 3. The van der Waals surface area contributed by atoms with Gasteiger partial charge in [0.2, 0.25) is 5.91 Å². The van der Waals surface area contributed by atoms with Gasteiger partial charge in [0.05, 0.1) is 18.7 Å². The summed E-state index contributed by atoms with van der Waals surface area (Å²) in [5.41, 5.74) is 0.482. The summed E-state index contributed by atoms with van der Waals surface area (Å²) < 4.78 is 0.680. The highest BCUT2D eigenvalue weighted by atomic mass is 79.9. The molecular formula is C12H12BrN5O2. The predicted molar refractivity (Wildman–Crippen MR) is 74.7 cm³/mol. The third-order valence-electron chi connectivity index (χ3n) is 2.45. The monoisotopic (exact) mass is 337 g/mol. The van der Waals surface area contributed by atoms with E-state index < -0.39 is 0 Å². The summed E-state index contributed by atoms with van der Waals surface area (Å²) in [5, 5.41) is 11.4. The van der Waals surface area contributed by atoms with Crippen molar-refractivity contribution >= 4 is 27.7 Å². The number of H-pyrrole nitrogens is 1. The first-order valence-corrected chi connectivity index (χ1v) is 6.60. The maximum atomic E-state index is 11.9. The number of rotatable bonds is 5. The van der Waals surface area contributed by atoms with Crippen molar-refractivity contribution in [1.29, 1.82) is 0 Å². The topological polar surface area (TPSA) is 99.8 Å². The summed E-state index contributed by atoms with van der Waals surface area (Å²) in [7, 11) is 0. The van der Waals surface area contributed by atoms with Crippen molar-refractivity contribution in [2.45, 2.75) is 6.54 Å². The second-order valence-electron chi connectivity index (χ2n) is 3.87. The van der Waals surface area contributed by atoms with Crippen LogP contribution in [0.25, 0.3) is 0 Å². The van der Waals surface area contributed by atoms with Crippen LogP contribution < -0.4 is 10.6 Å². The number of halogens is 1. The molecule has 2 amide bonds. The molecule has 7 nitrogen and oxygen atoms in total. The lowest BCUT2D eigenvalue weighted by atomic mass is 10.2. The number of benzene rings is 1. The number of hydrogen-bond donors (Lipinski definition) is 3. The van der Waals surface area contributed by atoms with Gasteiger partial charge in [-0.05, 0) is 28.1 Å². The summed E-state index contributed by atoms with van der Waals surface area (Å²) in [6.45, 7) is 0.137. The van der Waals surface area contributed by atoms with E-state index in [4.69, 9.17) is 0 Å². The Morgan fingerprint density at radius 3 is 2.75 bits per heavy atom. The van der Waals surface area contributed by atoms with Crippen molar-refractivity contribution in [2.24, 2.45) is 0 Å². The Morgan fingerprint density at radius 2 is 2.05 bits per heavy atom. The Morgan fingerprint density at radius 1 is 1.25 bits per heavy atom. The minimum Gasteiger partial charge on any atom is -0.347 e. The van der Waals surface area contributed by atoms with E-state index in [0.29, 0.717) is 15.9 Å². The van der Waals surface area contributed by atoms with Crippen LogP contribution in [0.4, 0.5) is 0 Å². The van der Waals surface area contributed by atoms with Gasteiger partial charge in [0.25, 0.3) is 5.91 Å². The molecule has 0 unspecified atom stereocenters. The zero-order chi connectivity index (χ0) is 14.4. The molecule has 0 bridgehead atoms. The molecule has 0 aliphatic rings. The number of aromatic nitrogens is 3. The average Bonchev–Trinajstić information content (AvgIpc) is 2.96. The molecule has 3 N–H and O–H groups in total. The molecule has 0 aliphatic carbocycles. The molecule has 20 heavy (non-hydrogen) atoms. The third kappa shape index (κ3) is 3.89. The molecule has 8 heteroatoms. The first kappa shape index (κ1) is 14.2. The molecule has 0 spiro atoms. The molecule has 1 aromatic heterocycles. The van der Waals surface area contributed by atoms with E-state index in [2.05, 4.69) is 41.7 Å². The Kier molecular flexibility index (Phi) is 4.83. The Bertz CT molecular complexity index is 600. The summed E-state index contributed by atoms with van der Waals surface area (Å²) in [6, 6.07) is 7.00. The van der Waals surface area contributed by atoms with Gasteiger partial charge in [0, 0.05) is 4.47 Å². The average molecular weight is 338 g/mol. The molecule has 0 radical (unpaired) electrons. The van der Waals surface area contributed by atoms with Gasteiger partial charge in [-0.25, -0.2) is 4.98 Å². The number of hydrogen-bond acceptors (Lipinski definition) is 4. The molecule has 104 valence electrons. The van der Waals surface area contributed by atoms with E-state index in [0.717, 1.165) is 0 Å². The van der Waals surface area contributed by atoms with Gasteiger partial charge in [-0.3, -0.25) is 14.7 Å². The fraction of sp³-hybridized carbons (Fsp3) is 0.167. The van der Waals surface area contributed by atoms with Crippen molar-refractivity contribution in [1.82, 2.24) is 25.8 Å². The van der Waals surface area contributed by atoms with Crippen molar-refractivity contribution < 1.29 is 9.59 Å². The Labute approximate surface area is 123 Å². The number of carbonyl (C=O) groups is 2. The van der Waals surface area contributed by atoms with Crippen molar-refractivity contribution in [3.05, 3.63) is 46.5 Å². The molecule has 0 saturated carbocycles. The van der Waals surface area contributed by atoms with E-state index in [1.807, 2.05) is 6.07 Å². The number of amides is 2. The molecular weight excluding hydrogens is 326 g/mol. The van der Waals surface area contributed by atoms with Gasteiger partial charge in [-0.1, -0.05) is 12.1 Å². The Hall–Kier alpha value is -2.22.